The summed E-state index contributed by atoms with van der Waals surface area (Å²) in [4.78, 5) is 14.2. The lowest BCUT2D eigenvalue weighted by Crippen LogP contribution is -2.33. The molecule has 0 saturated heterocycles. The van der Waals surface area contributed by atoms with Crippen molar-refractivity contribution in [2.45, 2.75) is 26.7 Å². The van der Waals surface area contributed by atoms with Gasteiger partial charge in [-0.1, -0.05) is 37.6 Å². The standard InChI is InChI=1S/C15H23NO2/c1-3-4-9-16(10-11-17)12-15(18)14-8-6-5-7-13(14)2/h5-8,17H,3-4,9-12H2,1-2H3. The van der Waals surface area contributed by atoms with E-state index in [1.165, 1.54) is 0 Å². The van der Waals surface area contributed by atoms with Crippen LogP contribution in [0.25, 0.3) is 0 Å². The van der Waals surface area contributed by atoms with E-state index in [1.807, 2.05) is 36.1 Å². The van der Waals surface area contributed by atoms with E-state index in [0.717, 1.165) is 30.5 Å². The highest BCUT2D eigenvalue weighted by Crippen LogP contribution is 2.09. The van der Waals surface area contributed by atoms with Gasteiger partial charge in [-0.15, -0.1) is 0 Å². The third kappa shape index (κ3) is 4.59. The van der Waals surface area contributed by atoms with E-state index >= 15 is 0 Å². The molecule has 0 heterocycles. The van der Waals surface area contributed by atoms with Crippen molar-refractivity contribution >= 4 is 5.78 Å². The van der Waals surface area contributed by atoms with Gasteiger partial charge in [0.15, 0.2) is 5.78 Å². The number of hydrogen-bond donors (Lipinski definition) is 1. The summed E-state index contributed by atoms with van der Waals surface area (Å²) in [6.45, 7) is 6.01. The molecular weight excluding hydrogens is 226 g/mol. The number of Topliss-reactive ketones (excluding diaryl/α,β-unsaturated/α-hetero) is 1. The van der Waals surface area contributed by atoms with E-state index in [-0.39, 0.29) is 12.4 Å². The zero-order valence-electron chi connectivity index (χ0n) is 11.4. The van der Waals surface area contributed by atoms with E-state index in [2.05, 4.69) is 6.92 Å². The minimum Gasteiger partial charge on any atom is -0.395 e. The van der Waals surface area contributed by atoms with Gasteiger partial charge in [-0.25, -0.2) is 0 Å². The van der Waals surface area contributed by atoms with Crippen LogP contribution in [-0.4, -0.2) is 42.0 Å². The van der Waals surface area contributed by atoms with Gasteiger partial charge in [0.05, 0.1) is 13.2 Å². The molecule has 100 valence electrons. The molecule has 0 aliphatic rings. The second kappa shape index (κ2) is 8.01. The Hall–Kier alpha value is -1.19. The molecule has 1 aromatic rings. The second-order valence-corrected chi connectivity index (χ2v) is 4.59. The summed E-state index contributed by atoms with van der Waals surface area (Å²) in [5.41, 5.74) is 1.80. The highest BCUT2D eigenvalue weighted by atomic mass is 16.3. The maximum absolute atomic E-state index is 12.2. The molecule has 0 aliphatic heterocycles. The summed E-state index contributed by atoms with van der Waals surface area (Å²) in [7, 11) is 0. The third-order valence-corrected chi connectivity index (χ3v) is 3.06. The summed E-state index contributed by atoms with van der Waals surface area (Å²) >= 11 is 0. The Kier molecular flexibility index (Phi) is 6.61. The molecule has 18 heavy (non-hydrogen) atoms. The fourth-order valence-electron chi connectivity index (χ4n) is 1.97. The molecule has 0 aliphatic carbocycles. The maximum atomic E-state index is 12.2. The van der Waals surface area contributed by atoms with Crippen LogP contribution in [0.3, 0.4) is 0 Å². The van der Waals surface area contributed by atoms with Crippen molar-refractivity contribution in [3.05, 3.63) is 35.4 Å². The van der Waals surface area contributed by atoms with Gasteiger partial charge in [-0.05, 0) is 25.5 Å². The van der Waals surface area contributed by atoms with E-state index in [4.69, 9.17) is 5.11 Å². The molecule has 0 aromatic heterocycles. The number of unbranched alkanes of at least 4 members (excludes halogenated alkanes) is 1. The number of carbonyl (C=O) groups excluding carboxylic acids is 1. The highest BCUT2D eigenvalue weighted by molar-refractivity contribution is 5.98. The minimum absolute atomic E-state index is 0.102. The number of ketones is 1. The van der Waals surface area contributed by atoms with Gasteiger partial charge < -0.3 is 5.11 Å². The first-order chi connectivity index (χ1) is 8.69. The molecule has 0 spiro atoms. The lowest BCUT2D eigenvalue weighted by Gasteiger charge is -2.20. The van der Waals surface area contributed by atoms with Crippen LogP contribution in [0.1, 0.15) is 35.7 Å². The first-order valence-electron chi connectivity index (χ1n) is 6.61. The number of aliphatic hydroxyl groups excluding tert-OH is 1. The van der Waals surface area contributed by atoms with Crippen LogP contribution in [0.5, 0.6) is 0 Å². The molecule has 0 radical (unpaired) electrons. The summed E-state index contributed by atoms with van der Waals surface area (Å²) in [6.07, 6.45) is 2.15. The third-order valence-electron chi connectivity index (χ3n) is 3.06. The topological polar surface area (TPSA) is 40.5 Å². The van der Waals surface area contributed by atoms with Crippen molar-refractivity contribution in [1.82, 2.24) is 4.90 Å². The zero-order chi connectivity index (χ0) is 13.4. The van der Waals surface area contributed by atoms with Crippen LogP contribution >= 0.6 is 0 Å². The molecule has 0 unspecified atom stereocenters. The molecule has 1 rings (SSSR count). The SMILES string of the molecule is CCCCN(CCO)CC(=O)c1ccccc1C. The number of benzene rings is 1. The Morgan fingerprint density at radius 2 is 2.00 bits per heavy atom. The molecule has 0 atom stereocenters. The molecule has 1 N–H and O–H groups in total. The summed E-state index contributed by atoms with van der Waals surface area (Å²) in [5.74, 6) is 0.137. The molecule has 0 bridgehead atoms. The largest absolute Gasteiger partial charge is 0.395 e. The van der Waals surface area contributed by atoms with Crippen LogP contribution in [0.4, 0.5) is 0 Å². The lowest BCUT2D eigenvalue weighted by atomic mass is 10.0. The van der Waals surface area contributed by atoms with Gasteiger partial charge in [-0.3, -0.25) is 9.69 Å². The first kappa shape index (κ1) is 14.9. The molecule has 0 fully saturated rings. The first-order valence-corrected chi connectivity index (χ1v) is 6.61. The smallest absolute Gasteiger partial charge is 0.177 e. The Balaban J connectivity index is 2.63. The molecular formula is C15H23NO2. The zero-order valence-corrected chi connectivity index (χ0v) is 11.4. The van der Waals surface area contributed by atoms with Crippen LogP contribution in [-0.2, 0) is 0 Å². The van der Waals surface area contributed by atoms with Gasteiger partial charge in [-0.2, -0.15) is 0 Å². The second-order valence-electron chi connectivity index (χ2n) is 4.59. The molecule has 3 nitrogen and oxygen atoms in total. The predicted octanol–water partition coefficient (Wildman–Crippen LogP) is 2.27. The number of aliphatic hydroxyl groups is 1. The van der Waals surface area contributed by atoms with E-state index in [0.29, 0.717) is 13.1 Å². The van der Waals surface area contributed by atoms with Crippen LogP contribution in [0.15, 0.2) is 24.3 Å². The summed E-state index contributed by atoms with van der Waals surface area (Å²) in [6, 6.07) is 7.65. The molecule has 0 amide bonds. The Morgan fingerprint density at radius 3 is 2.61 bits per heavy atom. The molecule has 0 saturated carbocycles. The average molecular weight is 249 g/mol. The van der Waals surface area contributed by atoms with Crippen molar-refractivity contribution in [2.75, 3.05) is 26.2 Å². The van der Waals surface area contributed by atoms with Crippen molar-refractivity contribution < 1.29 is 9.90 Å². The van der Waals surface area contributed by atoms with Gasteiger partial charge in [0, 0.05) is 12.1 Å². The van der Waals surface area contributed by atoms with Crippen LogP contribution < -0.4 is 0 Å². The average Bonchev–Trinajstić information content (AvgIpc) is 2.36. The van der Waals surface area contributed by atoms with Crippen molar-refractivity contribution in [3.8, 4) is 0 Å². The summed E-state index contributed by atoms with van der Waals surface area (Å²) in [5, 5.41) is 9.02. The van der Waals surface area contributed by atoms with Gasteiger partial charge >= 0.3 is 0 Å². The van der Waals surface area contributed by atoms with Gasteiger partial charge in [0.25, 0.3) is 0 Å². The van der Waals surface area contributed by atoms with Crippen molar-refractivity contribution in [2.24, 2.45) is 0 Å². The predicted molar refractivity (Wildman–Crippen MR) is 73.9 cm³/mol. The van der Waals surface area contributed by atoms with Gasteiger partial charge in [0.1, 0.15) is 0 Å². The number of carbonyl (C=O) groups is 1. The monoisotopic (exact) mass is 249 g/mol. The van der Waals surface area contributed by atoms with Crippen LogP contribution in [0, 0.1) is 6.92 Å². The number of rotatable bonds is 8. The van der Waals surface area contributed by atoms with E-state index in [9.17, 15) is 4.79 Å². The Labute approximate surface area is 109 Å². The fourth-order valence-corrected chi connectivity index (χ4v) is 1.97. The number of nitrogens with zero attached hydrogens (tertiary/aromatic N) is 1. The number of aryl methyl sites for hydroxylation is 1. The quantitative estimate of drug-likeness (QED) is 0.719. The maximum Gasteiger partial charge on any atom is 0.177 e. The normalized spacial score (nSPS) is 10.9. The molecule has 1 aromatic carbocycles. The molecule has 3 heteroatoms. The van der Waals surface area contributed by atoms with E-state index < -0.39 is 0 Å². The fraction of sp³-hybridized carbons (Fsp3) is 0.533. The van der Waals surface area contributed by atoms with Crippen molar-refractivity contribution in [1.29, 1.82) is 0 Å². The van der Waals surface area contributed by atoms with E-state index in [1.54, 1.807) is 0 Å². The number of hydrogen-bond acceptors (Lipinski definition) is 3. The van der Waals surface area contributed by atoms with Crippen molar-refractivity contribution in [3.63, 3.8) is 0 Å². The van der Waals surface area contributed by atoms with Crippen LogP contribution in [0.2, 0.25) is 0 Å². The Bertz CT molecular complexity index is 377. The van der Waals surface area contributed by atoms with Gasteiger partial charge in [0.2, 0.25) is 0 Å². The lowest BCUT2D eigenvalue weighted by molar-refractivity contribution is 0.0913. The summed E-state index contributed by atoms with van der Waals surface area (Å²) < 4.78 is 0. The Morgan fingerprint density at radius 1 is 1.28 bits per heavy atom. The highest BCUT2D eigenvalue weighted by Gasteiger charge is 2.13. The minimum atomic E-state index is 0.102.